The van der Waals surface area contributed by atoms with Gasteiger partial charge in [-0.2, -0.15) is 0 Å². The van der Waals surface area contributed by atoms with E-state index in [2.05, 4.69) is 6.92 Å². The fourth-order valence-corrected chi connectivity index (χ4v) is 2.60. The lowest BCUT2D eigenvalue weighted by molar-refractivity contribution is -0.149. The van der Waals surface area contributed by atoms with Crippen LogP contribution in [-0.2, 0) is 19.0 Å². The summed E-state index contributed by atoms with van der Waals surface area (Å²) in [5.74, 6) is -2.11. The summed E-state index contributed by atoms with van der Waals surface area (Å²) in [6.07, 6.45) is 6.15. The van der Waals surface area contributed by atoms with Crippen LogP contribution in [0.15, 0.2) is 11.5 Å². The molecule has 1 fully saturated rings. The van der Waals surface area contributed by atoms with Crippen LogP contribution in [0.25, 0.3) is 0 Å². The van der Waals surface area contributed by atoms with E-state index in [0.717, 1.165) is 19.3 Å². The van der Waals surface area contributed by atoms with Crippen LogP contribution in [0, 0.1) is 0 Å². The molecule has 0 bridgehead atoms. The van der Waals surface area contributed by atoms with Crippen LogP contribution >= 0.6 is 0 Å². The summed E-state index contributed by atoms with van der Waals surface area (Å²) in [7, 11) is 0. The van der Waals surface area contributed by atoms with Gasteiger partial charge in [0.2, 0.25) is 5.76 Å². The molecule has 21 heavy (non-hydrogen) atoms. The Labute approximate surface area is 124 Å². The van der Waals surface area contributed by atoms with E-state index in [4.69, 9.17) is 14.2 Å². The van der Waals surface area contributed by atoms with Gasteiger partial charge in [-0.1, -0.05) is 39.0 Å². The van der Waals surface area contributed by atoms with E-state index in [1.54, 1.807) is 0 Å². The summed E-state index contributed by atoms with van der Waals surface area (Å²) in [6, 6.07) is 0. The first-order valence-corrected chi connectivity index (χ1v) is 7.73. The van der Waals surface area contributed by atoms with Gasteiger partial charge in [-0.15, -0.1) is 0 Å². The number of cyclic esters (lactones) is 1. The monoisotopic (exact) mass is 300 g/mol. The highest BCUT2D eigenvalue weighted by Gasteiger charge is 2.44. The molecule has 3 atom stereocenters. The lowest BCUT2D eigenvalue weighted by Crippen LogP contribution is -2.31. The Morgan fingerprint density at radius 3 is 2.52 bits per heavy atom. The molecule has 0 aromatic rings. The molecule has 0 saturated carbocycles. The SMILES string of the molecule is CCCCCCCCC1OCC(C2OC(=O)C(O)=C2O)O1. The Morgan fingerprint density at radius 2 is 1.86 bits per heavy atom. The number of ether oxygens (including phenoxy) is 3. The zero-order chi connectivity index (χ0) is 15.2. The lowest BCUT2D eigenvalue weighted by atomic mass is 10.1. The number of carbonyl (C=O) groups excluding carboxylic acids is 1. The van der Waals surface area contributed by atoms with Gasteiger partial charge in [-0.25, -0.2) is 4.79 Å². The van der Waals surface area contributed by atoms with Crippen molar-refractivity contribution in [2.75, 3.05) is 6.61 Å². The summed E-state index contributed by atoms with van der Waals surface area (Å²) in [4.78, 5) is 11.1. The number of hydrogen-bond acceptors (Lipinski definition) is 6. The number of aliphatic hydroxyl groups excluding tert-OH is 2. The van der Waals surface area contributed by atoms with Crippen molar-refractivity contribution < 1.29 is 29.2 Å². The molecule has 2 heterocycles. The van der Waals surface area contributed by atoms with Gasteiger partial charge in [-0.05, 0) is 12.8 Å². The van der Waals surface area contributed by atoms with Crippen LogP contribution in [0.5, 0.6) is 0 Å². The van der Waals surface area contributed by atoms with Gasteiger partial charge in [0.15, 0.2) is 18.2 Å². The summed E-state index contributed by atoms with van der Waals surface area (Å²) in [5, 5.41) is 18.9. The largest absolute Gasteiger partial charge is 0.505 e. The quantitative estimate of drug-likeness (QED) is 0.529. The zero-order valence-electron chi connectivity index (χ0n) is 12.4. The van der Waals surface area contributed by atoms with Gasteiger partial charge in [0.1, 0.15) is 6.10 Å². The van der Waals surface area contributed by atoms with Crippen molar-refractivity contribution in [3.63, 3.8) is 0 Å². The molecule has 0 aromatic carbocycles. The van der Waals surface area contributed by atoms with Gasteiger partial charge in [-0.3, -0.25) is 0 Å². The van der Waals surface area contributed by atoms with Crippen molar-refractivity contribution in [1.29, 1.82) is 0 Å². The third kappa shape index (κ3) is 4.11. The third-order valence-electron chi connectivity index (χ3n) is 3.84. The third-order valence-corrected chi connectivity index (χ3v) is 3.84. The predicted molar refractivity (Wildman–Crippen MR) is 74.8 cm³/mol. The van der Waals surface area contributed by atoms with Crippen LogP contribution in [0.1, 0.15) is 51.9 Å². The van der Waals surface area contributed by atoms with E-state index in [1.807, 2.05) is 0 Å². The molecule has 6 heteroatoms. The van der Waals surface area contributed by atoms with E-state index >= 15 is 0 Å². The second kappa shape index (κ2) is 7.66. The zero-order valence-corrected chi connectivity index (χ0v) is 12.4. The van der Waals surface area contributed by atoms with Crippen LogP contribution in [0.3, 0.4) is 0 Å². The number of aliphatic hydroxyl groups is 2. The molecule has 0 amide bonds. The van der Waals surface area contributed by atoms with Crippen molar-refractivity contribution in [3.05, 3.63) is 11.5 Å². The average molecular weight is 300 g/mol. The van der Waals surface area contributed by atoms with Crippen LogP contribution in [0.4, 0.5) is 0 Å². The van der Waals surface area contributed by atoms with E-state index in [-0.39, 0.29) is 12.9 Å². The summed E-state index contributed by atoms with van der Waals surface area (Å²) < 4.78 is 16.0. The molecular formula is C15H24O6. The molecule has 1 saturated heterocycles. The van der Waals surface area contributed by atoms with E-state index in [9.17, 15) is 15.0 Å². The first-order valence-electron chi connectivity index (χ1n) is 7.73. The Morgan fingerprint density at radius 1 is 1.14 bits per heavy atom. The van der Waals surface area contributed by atoms with Gasteiger partial charge in [0.05, 0.1) is 6.61 Å². The molecule has 0 radical (unpaired) electrons. The van der Waals surface area contributed by atoms with E-state index in [1.165, 1.54) is 25.7 Å². The average Bonchev–Trinajstić information content (AvgIpc) is 3.03. The molecule has 2 aliphatic rings. The Bertz CT molecular complexity index is 392. The fraction of sp³-hybridized carbons (Fsp3) is 0.800. The van der Waals surface area contributed by atoms with Gasteiger partial charge < -0.3 is 24.4 Å². The molecule has 3 unspecified atom stereocenters. The number of esters is 1. The smallest absolute Gasteiger partial charge is 0.377 e. The lowest BCUT2D eigenvalue weighted by Gasteiger charge is -2.16. The maximum Gasteiger partial charge on any atom is 0.377 e. The minimum absolute atomic E-state index is 0.246. The number of rotatable bonds is 8. The van der Waals surface area contributed by atoms with Crippen LogP contribution in [-0.4, -0.2) is 41.3 Å². The Kier molecular flexibility index (Phi) is 5.87. The molecule has 2 aliphatic heterocycles. The minimum Gasteiger partial charge on any atom is -0.505 e. The van der Waals surface area contributed by atoms with Crippen LogP contribution < -0.4 is 0 Å². The Hall–Kier alpha value is -1.27. The van der Waals surface area contributed by atoms with E-state index in [0.29, 0.717) is 0 Å². The number of carbonyl (C=O) groups is 1. The van der Waals surface area contributed by atoms with Crippen molar-refractivity contribution in [3.8, 4) is 0 Å². The molecule has 120 valence electrons. The second-order valence-corrected chi connectivity index (χ2v) is 5.55. The van der Waals surface area contributed by atoms with Crippen molar-refractivity contribution in [1.82, 2.24) is 0 Å². The van der Waals surface area contributed by atoms with Gasteiger partial charge in [0, 0.05) is 0 Å². The first kappa shape index (κ1) is 16.1. The maximum atomic E-state index is 11.1. The maximum absolute atomic E-state index is 11.1. The first-order chi connectivity index (χ1) is 10.1. The van der Waals surface area contributed by atoms with Crippen molar-refractivity contribution >= 4 is 5.97 Å². The predicted octanol–water partition coefficient (Wildman–Crippen LogP) is 2.73. The molecular weight excluding hydrogens is 276 g/mol. The second-order valence-electron chi connectivity index (χ2n) is 5.55. The molecule has 6 nitrogen and oxygen atoms in total. The summed E-state index contributed by atoms with van der Waals surface area (Å²) in [5.41, 5.74) is 0. The molecule has 0 aromatic heterocycles. The molecule has 0 aliphatic carbocycles. The normalized spacial score (nSPS) is 29.2. The highest BCUT2D eigenvalue weighted by Crippen LogP contribution is 2.28. The van der Waals surface area contributed by atoms with E-state index < -0.39 is 29.7 Å². The molecule has 2 rings (SSSR count). The summed E-state index contributed by atoms with van der Waals surface area (Å²) in [6.45, 7) is 2.44. The number of unbranched alkanes of at least 4 members (excludes halogenated alkanes) is 5. The minimum atomic E-state index is -0.952. The summed E-state index contributed by atoms with van der Waals surface area (Å²) >= 11 is 0. The van der Waals surface area contributed by atoms with Crippen molar-refractivity contribution in [2.24, 2.45) is 0 Å². The van der Waals surface area contributed by atoms with Gasteiger partial charge in [0.25, 0.3) is 0 Å². The highest BCUT2D eigenvalue weighted by atomic mass is 16.7. The van der Waals surface area contributed by atoms with Crippen molar-refractivity contribution in [2.45, 2.75) is 70.4 Å². The highest BCUT2D eigenvalue weighted by molar-refractivity contribution is 5.89. The fourth-order valence-electron chi connectivity index (χ4n) is 2.60. The van der Waals surface area contributed by atoms with Gasteiger partial charge >= 0.3 is 5.97 Å². The topological polar surface area (TPSA) is 85.2 Å². The standard InChI is InChI=1S/C15H24O6/c1-2-3-4-5-6-7-8-11-19-9-10(20-11)14-12(16)13(17)15(18)21-14/h10-11,14,16-17H,2-9H2,1H3. The molecule has 2 N–H and O–H groups in total. The number of hydrogen-bond donors (Lipinski definition) is 2. The van der Waals surface area contributed by atoms with Crippen LogP contribution in [0.2, 0.25) is 0 Å². The molecule has 0 spiro atoms. The Balaban J connectivity index is 1.66.